The minimum Gasteiger partial charge on any atom is -0.330 e. The van der Waals surface area contributed by atoms with Crippen LogP contribution in [0.25, 0.3) is 0 Å². The second-order valence-corrected chi connectivity index (χ2v) is 3.91. The van der Waals surface area contributed by atoms with Crippen LogP contribution in [0.15, 0.2) is 0 Å². The Morgan fingerprint density at radius 2 is 2.30 bits per heavy atom. The van der Waals surface area contributed by atoms with Crippen molar-refractivity contribution in [2.45, 2.75) is 39.5 Å². The van der Waals surface area contributed by atoms with Gasteiger partial charge in [-0.2, -0.15) is 0 Å². The summed E-state index contributed by atoms with van der Waals surface area (Å²) in [6.45, 7) is 5.51. The Kier molecular flexibility index (Phi) is 2.35. The second kappa shape index (κ2) is 2.91. The second-order valence-electron chi connectivity index (χ2n) is 3.91. The van der Waals surface area contributed by atoms with Gasteiger partial charge < -0.3 is 5.73 Å². The molecule has 2 unspecified atom stereocenters. The molecule has 0 aromatic rings. The Morgan fingerprint density at radius 3 is 2.50 bits per heavy atom. The van der Waals surface area contributed by atoms with E-state index in [0.29, 0.717) is 5.41 Å². The minimum atomic E-state index is 0.527. The van der Waals surface area contributed by atoms with E-state index >= 15 is 0 Å². The van der Waals surface area contributed by atoms with Gasteiger partial charge in [0, 0.05) is 0 Å². The van der Waals surface area contributed by atoms with Crippen molar-refractivity contribution >= 4 is 0 Å². The highest BCUT2D eigenvalue weighted by Gasteiger charge is 2.34. The molecule has 0 aromatic carbocycles. The van der Waals surface area contributed by atoms with Crippen molar-refractivity contribution < 1.29 is 0 Å². The predicted octanol–water partition coefficient (Wildman–Crippen LogP) is 2.16. The maximum Gasteiger partial charge on any atom is -0.00205 e. The van der Waals surface area contributed by atoms with Crippen molar-refractivity contribution in [1.82, 2.24) is 0 Å². The lowest BCUT2D eigenvalue weighted by atomic mass is 9.83. The summed E-state index contributed by atoms with van der Waals surface area (Å²) in [6.07, 6.45) is 5.39. The number of hydrogen-bond acceptors (Lipinski definition) is 1. The fourth-order valence-corrected chi connectivity index (χ4v) is 2.15. The summed E-state index contributed by atoms with van der Waals surface area (Å²) >= 11 is 0. The van der Waals surface area contributed by atoms with E-state index in [2.05, 4.69) is 13.8 Å². The van der Waals surface area contributed by atoms with Crippen molar-refractivity contribution in [3.8, 4) is 0 Å². The van der Waals surface area contributed by atoms with Gasteiger partial charge in [-0.25, -0.2) is 0 Å². The van der Waals surface area contributed by atoms with E-state index in [9.17, 15) is 0 Å². The van der Waals surface area contributed by atoms with Crippen LogP contribution in [0.3, 0.4) is 0 Å². The van der Waals surface area contributed by atoms with Crippen LogP contribution in [0.1, 0.15) is 39.5 Å². The molecule has 0 spiro atoms. The highest BCUT2D eigenvalue weighted by Crippen LogP contribution is 2.42. The van der Waals surface area contributed by atoms with Gasteiger partial charge in [0.2, 0.25) is 0 Å². The van der Waals surface area contributed by atoms with E-state index in [1.807, 2.05) is 0 Å². The lowest BCUT2D eigenvalue weighted by Crippen LogP contribution is -2.26. The van der Waals surface area contributed by atoms with E-state index < -0.39 is 0 Å². The van der Waals surface area contributed by atoms with Gasteiger partial charge in [0.15, 0.2) is 0 Å². The molecule has 1 fully saturated rings. The van der Waals surface area contributed by atoms with Crippen LogP contribution in [-0.2, 0) is 0 Å². The first kappa shape index (κ1) is 8.06. The molecule has 1 saturated carbocycles. The summed E-state index contributed by atoms with van der Waals surface area (Å²) in [5.41, 5.74) is 6.27. The van der Waals surface area contributed by atoms with E-state index in [1.165, 1.54) is 25.7 Å². The van der Waals surface area contributed by atoms with E-state index in [4.69, 9.17) is 5.73 Å². The largest absolute Gasteiger partial charge is 0.330 e. The topological polar surface area (TPSA) is 26.0 Å². The zero-order valence-corrected chi connectivity index (χ0v) is 7.19. The molecule has 0 aromatic heterocycles. The van der Waals surface area contributed by atoms with Gasteiger partial charge in [-0.15, -0.1) is 0 Å². The Morgan fingerprint density at radius 1 is 1.60 bits per heavy atom. The molecule has 1 heteroatoms. The molecular formula is C9H19N. The summed E-state index contributed by atoms with van der Waals surface area (Å²) in [7, 11) is 0. The van der Waals surface area contributed by atoms with E-state index in [0.717, 1.165) is 12.5 Å². The van der Waals surface area contributed by atoms with Crippen molar-refractivity contribution in [3.63, 3.8) is 0 Å². The van der Waals surface area contributed by atoms with Crippen molar-refractivity contribution in [3.05, 3.63) is 0 Å². The lowest BCUT2D eigenvalue weighted by Gasteiger charge is -2.25. The summed E-state index contributed by atoms with van der Waals surface area (Å²) in [6, 6.07) is 0. The Labute approximate surface area is 64.0 Å². The average molecular weight is 141 g/mol. The number of nitrogens with two attached hydrogens (primary N) is 1. The first-order valence-corrected chi connectivity index (χ1v) is 4.42. The fourth-order valence-electron chi connectivity index (χ4n) is 2.15. The third-order valence-corrected chi connectivity index (χ3v) is 3.13. The first-order valence-electron chi connectivity index (χ1n) is 4.42. The fraction of sp³-hybridized carbons (Fsp3) is 1.00. The maximum absolute atomic E-state index is 5.74. The molecule has 0 bridgehead atoms. The first-order chi connectivity index (χ1) is 4.72. The molecule has 1 nitrogen and oxygen atoms in total. The zero-order valence-electron chi connectivity index (χ0n) is 7.19. The predicted molar refractivity (Wildman–Crippen MR) is 44.8 cm³/mol. The van der Waals surface area contributed by atoms with Gasteiger partial charge in [0.1, 0.15) is 0 Å². The molecule has 60 valence electrons. The average Bonchev–Trinajstić information content (AvgIpc) is 2.33. The third kappa shape index (κ3) is 1.34. The van der Waals surface area contributed by atoms with Crippen LogP contribution in [-0.4, -0.2) is 6.54 Å². The smallest absolute Gasteiger partial charge is 0.00205 e. The highest BCUT2D eigenvalue weighted by atomic mass is 14.6. The molecule has 2 atom stereocenters. The molecule has 1 rings (SSSR count). The maximum atomic E-state index is 5.74. The third-order valence-electron chi connectivity index (χ3n) is 3.13. The Balaban J connectivity index is 2.51. The molecule has 0 heterocycles. The molecule has 2 N–H and O–H groups in total. The molecule has 1 aliphatic carbocycles. The van der Waals surface area contributed by atoms with Crippen molar-refractivity contribution in [1.29, 1.82) is 0 Å². The molecule has 0 saturated heterocycles. The van der Waals surface area contributed by atoms with Crippen LogP contribution in [0.4, 0.5) is 0 Å². The van der Waals surface area contributed by atoms with Crippen molar-refractivity contribution in [2.24, 2.45) is 17.1 Å². The number of hydrogen-bond donors (Lipinski definition) is 1. The van der Waals surface area contributed by atoms with Crippen LogP contribution >= 0.6 is 0 Å². The van der Waals surface area contributed by atoms with Crippen LogP contribution in [0.2, 0.25) is 0 Å². The summed E-state index contributed by atoms with van der Waals surface area (Å²) in [5, 5.41) is 0. The molecule has 0 aliphatic heterocycles. The standard InChI is InChI=1S/C9H19N/c1-3-9(7-10)5-4-8(2)6-9/h8H,3-7,10H2,1-2H3. The van der Waals surface area contributed by atoms with Gasteiger partial charge >= 0.3 is 0 Å². The van der Waals surface area contributed by atoms with E-state index in [-0.39, 0.29) is 0 Å². The minimum absolute atomic E-state index is 0.527. The monoisotopic (exact) mass is 141 g/mol. The molecular weight excluding hydrogens is 122 g/mol. The molecule has 1 aliphatic rings. The highest BCUT2D eigenvalue weighted by molar-refractivity contribution is 4.87. The quantitative estimate of drug-likeness (QED) is 0.626. The van der Waals surface area contributed by atoms with Gasteiger partial charge in [0.25, 0.3) is 0 Å². The van der Waals surface area contributed by atoms with Gasteiger partial charge in [-0.05, 0) is 37.1 Å². The van der Waals surface area contributed by atoms with Crippen LogP contribution < -0.4 is 5.73 Å². The SMILES string of the molecule is CCC1(CN)CCC(C)C1. The van der Waals surface area contributed by atoms with Gasteiger partial charge in [-0.3, -0.25) is 0 Å². The summed E-state index contributed by atoms with van der Waals surface area (Å²) in [4.78, 5) is 0. The van der Waals surface area contributed by atoms with Crippen LogP contribution in [0, 0.1) is 11.3 Å². The molecule has 0 amide bonds. The Hall–Kier alpha value is -0.0400. The lowest BCUT2D eigenvalue weighted by molar-refractivity contribution is 0.286. The van der Waals surface area contributed by atoms with Gasteiger partial charge in [0.05, 0.1) is 0 Å². The summed E-state index contributed by atoms with van der Waals surface area (Å²) < 4.78 is 0. The number of rotatable bonds is 2. The zero-order chi connectivity index (χ0) is 7.61. The van der Waals surface area contributed by atoms with E-state index in [1.54, 1.807) is 0 Å². The van der Waals surface area contributed by atoms with Crippen molar-refractivity contribution in [2.75, 3.05) is 6.54 Å². The molecule has 0 radical (unpaired) electrons. The Bertz CT molecular complexity index is 105. The summed E-state index contributed by atoms with van der Waals surface area (Å²) in [5.74, 6) is 0.920. The molecule has 10 heavy (non-hydrogen) atoms. The normalized spacial score (nSPS) is 40.5. The van der Waals surface area contributed by atoms with Gasteiger partial charge in [-0.1, -0.05) is 20.3 Å². The van der Waals surface area contributed by atoms with Crippen LogP contribution in [0.5, 0.6) is 0 Å².